The number of ether oxygens (including phenoxy) is 1. The summed E-state index contributed by atoms with van der Waals surface area (Å²) in [4.78, 5) is 42.7. The lowest BCUT2D eigenvalue weighted by Gasteiger charge is -2.14. The van der Waals surface area contributed by atoms with E-state index >= 15 is 0 Å². The van der Waals surface area contributed by atoms with Crippen LogP contribution in [0.15, 0.2) is 18.2 Å². The number of hydrogen-bond acceptors (Lipinski definition) is 7. The van der Waals surface area contributed by atoms with Gasteiger partial charge in [-0.3, -0.25) is 14.9 Å². The summed E-state index contributed by atoms with van der Waals surface area (Å²) in [5.74, 6) is -3.40. The second-order valence-corrected chi connectivity index (χ2v) is 5.60. The van der Waals surface area contributed by atoms with Crippen LogP contribution in [0.1, 0.15) is 19.3 Å². The van der Waals surface area contributed by atoms with Crippen LogP contribution in [-0.2, 0) is 14.4 Å². The summed E-state index contributed by atoms with van der Waals surface area (Å²) in [5.41, 5.74) is 0.253. The molecule has 0 radical (unpaired) electrons. The number of anilines is 1. The van der Waals surface area contributed by atoms with Gasteiger partial charge in [0, 0.05) is 25.1 Å². The molecule has 2 rings (SSSR count). The van der Waals surface area contributed by atoms with E-state index in [4.69, 9.17) is 24.5 Å². The number of methoxy groups -OCH3 is 1. The second kappa shape index (κ2) is 10.7. The molecule has 1 heterocycles. The molecule has 1 amide bonds. The number of likely N-dealkylation sites (tertiary alicyclic amines) is 1. The standard InChI is InChI=1S/C14H19N3O4.C2H2O4/c1-21-13-5-4-11(17(19)20)10-12(13)15-14(18)6-9-16-7-2-3-8-16;3-1(4)2(5)6/h4-5,10H,2-3,6-9H2,1H3,(H,15,18);(H,3,4)(H,5,6). The van der Waals surface area contributed by atoms with E-state index < -0.39 is 16.9 Å². The molecule has 3 N–H and O–H groups in total. The Bertz CT molecular complexity index is 689. The third kappa shape index (κ3) is 7.69. The van der Waals surface area contributed by atoms with Crippen molar-refractivity contribution in [2.45, 2.75) is 19.3 Å². The minimum atomic E-state index is -1.82. The average molecular weight is 383 g/mol. The molecule has 11 nitrogen and oxygen atoms in total. The zero-order valence-electron chi connectivity index (χ0n) is 14.7. The fraction of sp³-hybridized carbons (Fsp3) is 0.438. The largest absolute Gasteiger partial charge is 0.495 e. The van der Waals surface area contributed by atoms with Crippen LogP contribution in [0.2, 0.25) is 0 Å². The highest BCUT2D eigenvalue weighted by atomic mass is 16.6. The summed E-state index contributed by atoms with van der Waals surface area (Å²) in [6.07, 6.45) is 2.73. The zero-order valence-corrected chi connectivity index (χ0v) is 14.7. The zero-order chi connectivity index (χ0) is 20.4. The van der Waals surface area contributed by atoms with Crippen LogP contribution in [0.4, 0.5) is 11.4 Å². The average Bonchev–Trinajstić information content (AvgIpc) is 3.14. The van der Waals surface area contributed by atoms with Crippen molar-refractivity contribution < 1.29 is 34.3 Å². The molecule has 1 aromatic rings. The first-order valence-electron chi connectivity index (χ1n) is 8.05. The number of nitrogens with one attached hydrogen (secondary N) is 1. The van der Waals surface area contributed by atoms with Gasteiger partial charge in [0.1, 0.15) is 5.75 Å². The van der Waals surface area contributed by atoms with Crippen molar-refractivity contribution in [1.29, 1.82) is 0 Å². The smallest absolute Gasteiger partial charge is 0.414 e. The number of carbonyl (C=O) groups excluding carboxylic acids is 1. The van der Waals surface area contributed by atoms with Gasteiger partial charge in [-0.15, -0.1) is 0 Å². The van der Waals surface area contributed by atoms with Gasteiger partial charge in [-0.25, -0.2) is 9.59 Å². The molecule has 0 spiro atoms. The van der Waals surface area contributed by atoms with Crippen LogP contribution in [0, 0.1) is 10.1 Å². The van der Waals surface area contributed by atoms with Crippen LogP contribution >= 0.6 is 0 Å². The van der Waals surface area contributed by atoms with Crippen molar-refractivity contribution in [2.75, 3.05) is 32.1 Å². The van der Waals surface area contributed by atoms with Crippen molar-refractivity contribution in [3.8, 4) is 5.75 Å². The number of nitro groups is 1. The monoisotopic (exact) mass is 383 g/mol. The third-order valence-corrected chi connectivity index (χ3v) is 3.70. The molecule has 0 bridgehead atoms. The summed E-state index contributed by atoms with van der Waals surface area (Å²) >= 11 is 0. The molecule has 0 saturated carbocycles. The number of non-ortho nitro benzene ring substituents is 1. The van der Waals surface area contributed by atoms with E-state index in [-0.39, 0.29) is 11.6 Å². The molecule has 1 saturated heterocycles. The first-order chi connectivity index (χ1) is 12.7. The Labute approximate surface area is 154 Å². The van der Waals surface area contributed by atoms with Crippen LogP contribution < -0.4 is 10.1 Å². The Kier molecular flexibility index (Phi) is 8.66. The van der Waals surface area contributed by atoms with E-state index in [1.165, 1.54) is 38.2 Å². The number of nitro benzene ring substituents is 1. The molecule has 0 aliphatic carbocycles. The molecule has 148 valence electrons. The van der Waals surface area contributed by atoms with Crippen molar-refractivity contribution in [1.82, 2.24) is 4.90 Å². The van der Waals surface area contributed by atoms with Gasteiger partial charge in [0.25, 0.3) is 5.69 Å². The number of carboxylic acids is 2. The van der Waals surface area contributed by atoms with Gasteiger partial charge >= 0.3 is 11.9 Å². The molecule has 11 heteroatoms. The minimum Gasteiger partial charge on any atom is -0.495 e. The molecule has 0 aromatic heterocycles. The number of rotatable bonds is 6. The van der Waals surface area contributed by atoms with E-state index in [1.807, 2.05) is 0 Å². The van der Waals surface area contributed by atoms with Gasteiger partial charge in [0.2, 0.25) is 5.91 Å². The summed E-state index contributed by atoms with van der Waals surface area (Å²) in [7, 11) is 1.46. The van der Waals surface area contributed by atoms with E-state index in [0.717, 1.165) is 13.1 Å². The summed E-state index contributed by atoms with van der Waals surface area (Å²) in [6.45, 7) is 2.78. The first-order valence-corrected chi connectivity index (χ1v) is 8.05. The minimum absolute atomic E-state index is 0.0781. The molecule has 0 atom stereocenters. The maximum absolute atomic E-state index is 12.0. The lowest BCUT2D eigenvalue weighted by molar-refractivity contribution is -0.384. The Morgan fingerprint density at radius 1 is 1.22 bits per heavy atom. The van der Waals surface area contributed by atoms with Gasteiger partial charge in [-0.2, -0.15) is 0 Å². The summed E-state index contributed by atoms with van der Waals surface area (Å²) in [6, 6.07) is 4.14. The summed E-state index contributed by atoms with van der Waals surface area (Å²) in [5, 5.41) is 28.3. The van der Waals surface area contributed by atoms with Gasteiger partial charge in [-0.1, -0.05) is 0 Å². The predicted molar refractivity (Wildman–Crippen MR) is 93.8 cm³/mol. The highest BCUT2D eigenvalue weighted by Gasteiger charge is 2.16. The van der Waals surface area contributed by atoms with Crippen molar-refractivity contribution in [3.63, 3.8) is 0 Å². The Hall–Kier alpha value is -3.21. The van der Waals surface area contributed by atoms with E-state index in [1.54, 1.807) is 0 Å². The fourth-order valence-electron chi connectivity index (χ4n) is 2.39. The number of benzene rings is 1. The number of carbonyl (C=O) groups is 3. The maximum atomic E-state index is 12.0. The lowest BCUT2D eigenvalue weighted by atomic mass is 10.2. The highest BCUT2D eigenvalue weighted by molar-refractivity contribution is 6.27. The number of hydrogen-bond donors (Lipinski definition) is 3. The Balaban J connectivity index is 0.000000527. The molecule has 0 unspecified atom stereocenters. The van der Waals surface area contributed by atoms with E-state index in [2.05, 4.69) is 10.2 Å². The second-order valence-electron chi connectivity index (χ2n) is 5.60. The Morgan fingerprint density at radius 3 is 2.30 bits per heavy atom. The van der Waals surface area contributed by atoms with E-state index in [0.29, 0.717) is 24.4 Å². The fourth-order valence-corrected chi connectivity index (χ4v) is 2.39. The first kappa shape index (κ1) is 21.8. The van der Waals surface area contributed by atoms with Gasteiger partial charge < -0.3 is 25.2 Å². The highest BCUT2D eigenvalue weighted by Crippen LogP contribution is 2.28. The van der Waals surface area contributed by atoms with E-state index in [9.17, 15) is 14.9 Å². The van der Waals surface area contributed by atoms with Gasteiger partial charge in [0.05, 0.1) is 17.7 Å². The number of carboxylic acid groups (broad SMARTS) is 2. The normalized spacial score (nSPS) is 13.2. The molecular formula is C16H21N3O8. The SMILES string of the molecule is COc1ccc([N+](=O)[O-])cc1NC(=O)CCN1CCCC1.O=C(O)C(=O)O. The van der Waals surface area contributed by atoms with Crippen LogP contribution in [0.5, 0.6) is 5.75 Å². The molecule has 1 fully saturated rings. The van der Waals surface area contributed by atoms with Crippen LogP contribution in [-0.4, -0.2) is 64.6 Å². The predicted octanol–water partition coefficient (Wildman–Crippen LogP) is 1.18. The van der Waals surface area contributed by atoms with Crippen molar-refractivity contribution in [3.05, 3.63) is 28.3 Å². The van der Waals surface area contributed by atoms with Crippen LogP contribution in [0.3, 0.4) is 0 Å². The topological polar surface area (TPSA) is 159 Å². The lowest BCUT2D eigenvalue weighted by Crippen LogP contribution is -2.25. The molecule has 1 aliphatic heterocycles. The molecule has 1 aromatic carbocycles. The molecular weight excluding hydrogens is 362 g/mol. The van der Waals surface area contributed by atoms with Crippen molar-refractivity contribution in [2.24, 2.45) is 0 Å². The number of aliphatic carboxylic acids is 2. The Morgan fingerprint density at radius 2 is 1.81 bits per heavy atom. The summed E-state index contributed by atoms with van der Waals surface area (Å²) < 4.78 is 5.11. The molecule has 1 aliphatic rings. The maximum Gasteiger partial charge on any atom is 0.414 e. The molecule has 27 heavy (non-hydrogen) atoms. The quantitative estimate of drug-likeness (QED) is 0.372. The third-order valence-electron chi connectivity index (χ3n) is 3.70. The number of nitrogens with zero attached hydrogens (tertiary/aromatic N) is 2. The number of amides is 1. The van der Waals surface area contributed by atoms with Gasteiger partial charge in [0.15, 0.2) is 0 Å². The van der Waals surface area contributed by atoms with Gasteiger partial charge in [-0.05, 0) is 32.0 Å². The van der Waals surface area contributed by atoms with Crippen molar-refractivity contribution >= 4 is 29.2 Å². The van der Waals surface area contributed by atoms with Crippen LogP contribution in [0.25, 0.3) is 0 Å².